The van der Waals surface area contributed by atoms with E-state index in [1.807, 2.05) is 6.07 Å². The highest BCUT2D eigenvalue weighted by Gasteiger charge is 2.39. The van der Waals surface area contributed by atoms with Gasteiger partial charge in [-0.25, -0.2) is 4.79 Å². The quantitative estimate of drug-likeness (QED) is 0.668. The van der Waals surface area contributed by atoms with Crippen molar-refractivity contribution in [2.45, 2.75) is 43.9 Å². The maximum absolute atomic E-state index is 12.0. The topological polar surface area (TPSA) is 109 Å². The molecule has 1 aromatic carbocycles. The fourth-order valence-electron chi connectivity index (χ4n) is 3.35. The molecule has 1 aliphatic heterocycles. The van der Waals surface area contributed by atoms with Crippen molar-refractivity contribution < 1.29 is 29.2 Å². The molecule has 0 amide bonds. The maximum Gasteiger partial charge on any atom is 0.339 e. The van der Waals surface area contributed by atoms with E-state index in [1.165, 1.54) is 0 Å². The summed E-state index contributed by atoms with van der Waals surface area (Å²) in [5.74, 6) is 0.344. The van der Waals surface area contributed by atoms with E-state index in [2.05, 4.69) is 0 Å². The van der Waals surface area contributed by atoms with Gasteiger partial charge in [-0.15, -0.1) is 0 Å². The largest absolute Gasteiger partial charge is 0.462 e. The number of hydrogen-bond acceptors (Lipinski definition) is 7. The molecule has 24 heavy (non-hydrogen) atoms. The second kappa shape index (κ2) is 5.86. The molecular formula is C17H18O7. The molecule has 3 N–H and O–H groups in total. The first-order valence-electron chi connectivity index (χ1n) is 7.95. The first kappa shape index (κ1) is 15.6. The predicted octanol–water partition coefficient (Wildman–Crippen LogP) is 0.0995. The summed E-state index contributed by atoms with van der Waals surface area (Å²) in [6.07, 6.45) is -2.44. The Morgan fingerprint density at radius 1 is 1.08 bits per heavy atom. The van der Waals surface area contributed by atoms with Crippen molar-refractivity contribution in [2.24, 2.45) is 0 Å². The molecule has 0 unspecified atom stereocenters. The van der Waals surface area contributed by atoms with Crippen LogP contribution in [0.25, 0.3) is 11.0 Å². The number of aliphatic hydroxyl groups is 3. The molecule has 128 valence electrons. The minimum atomic E-state index is -1.38. The molecule has 7 nitrogen and oxygen atoms in total. The lowest BCUT2D eigenvalue weighted by Crippen LogP contribution is -2.54. The summed E-state index contributed by atoms with van der Waals surface area (Å²) in [6.45, 7) is -0.140. The molecule has 1 aliphatic carbocycles. The second-order valence-electron chi connectivity index (χ2n) is 6.23. The molecule has 1 saturated heterocycles. The van der Waals surface area contributed by atoms with E-state index in [0.29, 0.717) is 11.3 Å². The Balaban J connectivity index is 1.64. The second-order valence-corrected chi connectivity index (χ2v) is 6.23. The van der Waals surface area contributed by atoms with Crippen molar-refractivity contribution >= 4 is 11.0 Å². The molecule has 2 heterocycles. The lowest BCUT2D eigenvalue weighted by atomic mass is 10.1. The minimum absolute atomic E-state index is 0.140. The number of aliphatic hydroxyl groups excluding tert-OH is 3. The SMILES string of the molecule is O=c1oc2cc(O[C@@H]3OC[C@@H](O)[C@@H](O)[C@@H]3O)ccc2c2c1CCC2. The number of hydrogen-bond donors (Lipinski definition) is 3. The molecule has 7 heteroatoms. The highest BCUT2D eigenvalue weighted by molar-refractivity contribution is 5.83. The van der Waals surface area contributed by atoms with E-state index >= 15 is 0 Å². The Morgan fingerprint density at radius 3 is 2.71 bits per heavy atom. The van der Waals surface area contributed by atoms with Gasteiger partial charge in [0.2, 0.25) is 6.29 Å². The number of ether oxygens (including phenoxy) is 2. The van der Waals surface area contributed by atoms with Gasteiger partial charge >= 0.3 is 5.63 Å². The van der Waals surface area contributed by atoms with Crippen LogP contribution in [0, 0.1) is 0 Å². The number of benzene rings is 1. The average molecular weight is 334 g/mol. The molecule has 2 aliphatic rings. The third-order valence-corrected chi connectivity index (χ3v) is 4.65. The van der Waals surface area contributed by atoms with Gasteiger partial charge in [0, 0.05) is 17.0 Å². The summed E-state index contributed by atoms with van der Waals surface area (Å²) < 4.78 is 16.1. The standard InChI is InChI=1S/C17H18O7/c18-12-7-22-17(15(20)14(12)19)23-8-4-5-10-9-2-1-3-11(9)16(21)24-13(10)6-8/h4-6,12,14-15,17-20H,1-3,7H2/t12-,14-,15+,17+/m1/s1. The Hall–Kier alpha value is -1.93. The molecular weight excluding hydrogens is 316 g/mol. The Morgan fingerprint density at radius 2 is 1.88 bits per heavy atom. The third-order valence-electron chi connectivity index (χ3n) is 4.65. The van der Waals surface area contributed by atoms with Gasteiger partial charge in [0.15, 0.2) is 0 Å². The van der Waals surface area contributed by atoms with Crippen LogP contribution in [-0.2, 0) is 17.6 Å². The van der Waals surface area contributed by atoms with Crippen molar-refractivity contribution in [2.75, 3.05) is 6.61 Å². The van der Waals surface area contributed by atoms with Gasteiger partial charge in [-0.05, 0) is 37.0 Å². The fourth-order valence-corrected chi connectivity index (χ4v) is 3.35. The van der Waals surface area contributed by atoms with Gasteiger partial charge in [0.1, 0.15) is 29.6 Å². The summed E-state index contributed by atoms with van der Waals surface area (Å²) >= 11 is 0. The minimum Gasteiger partial charge on any atom is -0.462 e. The molecule has 0 spiro atoms. The van der Waals surface area contributed by atoms with Crippen LogP contribution in [-0.4, -0.2) is 46.5 Å². The lowest BCUT2D eigenvalue weighted by Gasteiger charge is -2.34. The summed E-state index contributed by atoms with van der Waals surface area (Å²) in [4.78, 5) is 12.0. The van der Waals surface area contributed by atoms with Crippen LogP contribution < -0.4 is 10.4 Å². The van der Waals surface area contributed by atoms with Crippen molar-refractivity contribution in [3.63, 3.8) is 0 Å². The zero-order valence-electron chi connectivity index (χ0n) is 12.8. The normalized spacial score (nSPS) is 29.6. The summed E-state index contributed by atoms with van der Waals surface area (Å²) in [7, 11) is 0. The van der Waals surface area contributed by atoms with E-state index in [1.54, 1.807) is 12.1 Å². The molecule has 0 bridgehead atoms. The van der Waals surface area contributed by atoms with E-state index in [0.717, 1.165) is 35.8 Å². The smallest absolute Gasteiger partial charge is 0.339 e. The predicted molar refractivity (Wildman–Crippen MR) is 82.9 cm³/mol. The van der Waals surface area contributed by atoms with Crippen LogP contribution >= 0.6 is 0 Å². The van der Waals surface area contributed by atoms with Gasteiger partial charge in [-0.1, -0.05) is 0 Å². The molecule has 4 rings (SSSR count). The van der Waals surface area contributed by atoms with E-state index < -0.39 is 24.6 Å². The van der Waals surface area contributed by atoms with Gasteiger partial charge in [0.05, 0.1) is 6.61 Å². The Bertz CT molecular complexity index is 828. The highest BCUT2D eigenvalue weighted by atomic mass is 16.7. The first-order chi connectivity index (χ1) is 11.5. The number of fused-ring (bicyclic) bond motifs is 3. The van der Waals surface area contributed by atoms with Gasteiger partial charge in [0.25, 0.3) is 0 Å². The van der Waals surface area contributed by atoms with Crippen LogP contribution in [0.2, 0.25) is 0 Å². The first-order valence-corrected chi connectivity index (χ1v) is 7.95. The molecule has 1 fully saturated rings. The van der Waals surface area contributed by atoms with Crippen LogP contribution in [0.1, 0.15) is 17.5 Å². The van der Waals surface area contributed by atoms with Crippen LogP contribution in [0.15, 0.2) is 27.4 Å². The van der Waals surface area contributed by atoms with Gasteiger partial charge in [-0.2, -0.15) is 0 Å². The highest BCUT2D eigenvalue weighted by Crippen LogP contribution is 2.30. The van der Waals surface area contributed by atoms with Gasteiger partial charge < -0.3 is 29.2 Å². The summed E-state index contributed by atoms with van der Waals surface area (Å²) in [5.41, 5.74) is 1.88. The summed E-state index contributed by atoms with van der Waals surface area (Å²) in [5, 5.41) is 29.9. The number of rotatable bonds is 2. The van der Waals surface area contributed by atoms with E-state index in [4.69, 9.17) is 13.9 Å². The monoisotopic (exact) mass is 334 g/mol. The van der Waals surface area contributed by atoms with Crippen molar-refractivity contribution in [1.29, 1.82) is 0 Å². The van der Waals surface area contributed by atoms with Crippen molar-refractivity contribution in [1.82, 2.24) is 0 Å². The van der Waals surface area contributed by atoms with Crippen LogP contribution in [0.5, 0.6) is 5.75 Å². The molecule has 0 saturated carbocycles. The van der Waals surface area contributed by atoms with Crippen molar-refractivity contribution in [3.05, 3.63) is 39.7 Å². The Kier molecular flexibility index (Phi) is 3.80. The number of aryl methyl sites for hydroxylation is 1. The molecule has 1 aromatic heterocycles. The third kappa shape index (κ3) is 2.50. The van der Waals surface area contributed by atoms with Gasteiger partial charge in [-0.3, -0.25) is 0 Å². The fraction of sp³-hybridized carbons (Fsp3) is 0.471. The lowest BCUT2D eigenvalue weighted by molar-refractivity contribution is -0.242. The van der Waals surface area contributed by atoms with Crippen LogP contribution in [0.4, 0.5) is 0 Å². The zero-order chi connectivity index (χ0) is 16.8. The van der Waals surface area contributed by atoms with Crippen molar-refractivity contribution in [3.8, 4) is 5.75 Å². The zero-order valence-corrected chi connectivity index (χ0v) is 12.8. The van der Waals surface area contributed by atoms with E-state index in [-0.39, 0.29) is 12.2 Å². The molecule has 4 atom stereocenters. The summed E-state index contributed by atoms with van der Waals surface area (Å²) in [6, 6.07) is 5.09. The van der Waals surface area contributed by atoms with Crippen LogP contribution in [0.3, 0.4) is 0 Å². The van der Waals surface area contributed by atoms with E-state index in [9.17, 15) is 20.1 Å². The maximum atomic E-state index is 12.0. The average Bonchev–Trinajstić information content (AvgIpc) is 3.06. The Labute approximate surface area is 137 Å². The molecule has 0 radical (unpaired) electrons. The molecule has 2 aromatic rings.